The van der Waals surface area contributed by atoms with Gasteiger partial charge in [0, 0.05) is 23.3 Å². The van der Waals surface area contributed by atoms with Crippen LogP contribution in [0.1, 0.15) is 19.3 Å². The second-order valence-corrected chi connectivity index (χ2v) is 6.46. The maximum Gasteiger partial charge on any atom is 0.129 e. The van der Waals surface area contributed by atoms with Gasteiger partial charge in [-0.2, -0.15) is 5.10 Å². The third-order valence-electron chi connectivity index (χ3n) is 4.40. The van der Waals surface area contributed by atoms with E-state index in [4.69, 9.17) is 11.6 Å². The predicted octanol–water partition coefficient (Wildman–Crippen LogP) is 3.67. The topological polar surface area (TPSA) is 50.9 Å². The SMILES string of the molecule is OC1(Cn2cc(-c3ccc4cnc(Cl)cc4c3)cn2)CCC1. The number of halogens is 1. The average molecular weight is 314 g/mol. The normalized spacial score (nSPS) is 16.6. The lowest BCUT2D eigenvalue weighted by molar-refractivity contribution is -0.0498. The summed E-state index contributed by atoms with van der Waals surface area (Å²) in [6.07, 6.45) is 8.43. The molecule has 112 valence electrons. The van der Waals surface area contributed by atoms with Crippen molar-refractivity contribution in [3.05, 3.63) is 48.0 Å². The summed E-state index contributed by atoms with van der Waals surface area (Å²) in [5, 5.41) is 17.2. The van der Waals surface area contributed by atoms with Crippen LogP contribution in [0, 0.1) is 0 Å². The van der Waals surface area contributed by atoms with Gasteiger partial charge < -0.3 is 5.11 Å². The van der Waals surface area contributed by atoms with E-state index in [2.05, 4.69) is 22.2 Å². The van der Waals surface area contributed by atoms with Gasteiger partial charge in [-0.15, -0.1) is 0 Å². The first-order valence-corrected chi connectivity index (χ1v) is 7.80. The first-order chi connectivity index (χ1) is 10.6. The maximum atomic E-state index is 10.2. The minimum absolute atomic E-state index is 0.493. The number of nitrogens with zero attached hydrogens (tertiary/aromatic N) is 3. The molecule has 0 radical (unpaired) electrons. The molecular weight excluding hydrogens is 298 g/mol. The van der Waals surface area contributed by atoms with Gasteiger partial charge in [-0.3, -0.25) is 4.68 Å². The van der Waals surface area contributed by atoms with Crippen LogP contribution in [0.4, 0.5) is 0 Å². The fourth-order valence-corrected chi connectivity index (χ4v) is 3.10. The van der Waals surface area contributed by atoms with Gasteiger partial charge in [-0.1, -0.05) is 23.7 Å². The number of hydrogen-bond acceptors (Lipinski definition) is 3. The Labute approximate surface area is 133 Å². The highest BCUT2D eigenvalue weighted by Gasteiger charge is 2.34. The Morgan fingerprint density at radius 3 is 2.77 bits per heavy atom. The Balaban J connectivity index is 1.65. The highest BCUT2D eigenvalue weighted by Crippen LogP contribution is 2.33. The number of hydrogen-bond donors (Lipinski definition) is 1. The lowest BCUT2D eigenvalue weighted by Crippen LogP contribution is -2.41. The van der Waals surface area contributed by atoms with Crippen molar-refractivity contribution in [1.29, 1.82) is 0 Å². The number of fused-ring (bicyclic) bond motifs is 1. The molecule has 0 atom stereocenters. The maximum absolute atomic E-state index is 10.2. The van der Waals surface area contributed by atoms with Crippen LogP contribution in [-0.4, -0.2) is 25.5 Å². The first-order valence-electron chi connectivity index (χ1n) is 7.42. The second-order valence-electron chi connectivity index (χ2n) is 6.07. The molecule has 5 heteroatoms. The van der Waals surface area contributed by atoms with Crippen LogP contribution in [0.5, 0.6) is 0 Å². The van der Waals surface area contributed by atoms with Crippen molar-refractivity contribution in [3.8, 4) is 11.1 Å². The lowest BCUT2D eigenvalue weighted by atomic mass is 9.80. The molecule has 0 saturated heterocycles. The standard InChI is InChI=1S/C17H16ClN3O/c18-16-7-14-6-12(2-3-13(14)8-19-16)15-9-20-21(10-15)11-17(22)4-1-5-17/h2-3,6-10,22H,1,4-5,11H2. The predicted molar refractivity (Wildman–Crippen MR) is 86.8 cm³/mol. The zero-order chi connectivity index (χ0) is 15.2. The molecule has 1 aliphatic carbocycles. The number of aliphatic hydroxyl groups is 1. The summed E-state index contributed by atoms with van der Waals surface area (Å²) in [5.41, 5.74) is 1.56. The Kier molecular flexibility index (Phi) is 3.17. The highest BCUT2D eigenvalue weighted by atomic mass is 35.5. The Morgan fingerprint density at radius 2 is 2.00 bits per heavy atom. The number of benzene rings is 1. The van der Waals surface area contributed by atoms with Crippen LogP contribution < -0.4 is 0 Å². The summed E-state index contributed by atoms with van der Waals surface area (Å²) in [6.45, 7) is 0.566. The molecule has 0 aliphatic heterocycles. The molecule has 1 fully saturated rings. The van der Waals surface area contributed by atoms with Crippen molar-refractivity contribution in [1.82, 2.24) is 14.8 Å². The van der Waals surface area contributed by atoms with E-state index in [1.807, 2.05) is 29.2 Å². The summed E-state index contributed by atoms with van der Waals surface area (Å²) < 4.78 is 1.83. The second kappa shape index (κ2) is 5.07. The van der Waals surface area contributed by atoms with Crippen molar-refractivity contribution < 1.29 is 5.11 Å². The fraction of sp³-hybridized carbons (Fsp3) is 0.294. The lowest BCUT2D eigenvalue weighted by Gasteiger charge is -2.36. The molecular formula is C17H16ClN3O. The third kappa shape index (κ3) is 2.49. The number of pyridine rings is 1. The summed E-state index contributed by atoms with van der Waals surface area (Å²) in [7, 11) is 0. The summed E-state index contributed by atoms with van der Waals surface area (Å²) in [4.78, 5) is 4.09. The van der Waals surface area contributed by atoms with Crippen LogP contribution in [0.3, 0.4) is 0 Å². The smallest absolute Gasteiger partial charge is 0.129 e. The van der Waals surface area contributed by atoms with Crippen molar-refractivity contribution in [2.75, 3.05) is 0 Å². The molecule has 1 N–H and O–H groups in total. The number of rotatable bonds is 3. The summed E-state index contributed by atoms with van der Waals surface area (Å²) in [5.74, 6) is 0. The molecule has 1 aromatic carbocycles. The van der Waals surface area contributed by atoms with E-state index in [1.165, 1.54) is 0 Å². The van der Waals surface area contributed by atoms with Crippen LogP contribution in [-0.2, 0) is 6.54 Å². The molecule has 2 aromatic heterocycles. The molecule has 0 bridgehead atoms. The Morgan fingerprint density at radius 1 is 1.14 bits per heavy atom. The van der Waals surface area contributed by atoms with Crippen LogP contribution in [0.15, 0.2) is 42.9 Å². The molecule has 0 amide bonds. The largest absolute Gasteiger partial charge is 0.388 e. The highest BCUT2D eigenvalue weighted by molar-refractivity contribution is 6.30. The van der Waals surface area contributed by atoms with Gasteiger partial charge >= 0.3 is 0 Å². The molecule has 3 aromatic rings. The summed E-state index contributed by atoms with van der Waals surface area (Å²) in [6, 6.07) is 8.03. The van der Waals surface area contributed by atoms with E-state index in [0.717, 1.165) is 41.2 Å². The fourth-order valence-electron chi connectivity index (χ4n) is 2.94. The van der Waals surface area contributed by atoms with E-state index < -0.39 is 5.60 Å². The Bertz CT molecular complexity index is 839. The monoisotopic (exact) mass is 313 g/mol. The molecule has 1 aliphatic rings. The van der Waals surface area contributed by atoms with Gasteiger partial charge in [-0.05, 0) is 42.3 Å². The minimum atomic E-state index is -0.564. The molecule has 2 heterocycles. The van der Waals surface area contributed by atoms with Crippen LogP contribution in [0.25, 0.3) is 21.9 Å². The van der Waals surface area contributed by atoms with Crippen LogP contribution in [0.2, 0.25) is 5.15 Å². The van der Waals surface area contributed by atoms with Gasteiger partial charge in [-0.25, -0.2) is 4.98 Å². The van der Waals surface area contributed by atoms with Crippen molar-refractivity contribution in [3.63, 3.8) is 0 Å². The molecule has 0 spiro atoms. The summed E-state index contributed by atoms with van der Waals surface area (Å²) >= 11 is 5.96. The van der Waals surface area contributed by atoms with Crippen molar-refractivity contribution >= 4 is 22.4 Å². The van der Waals surface area contributed by atoms with Crippen molar-refractivity contribution in [2.45, 2.75) is 31.4 Å². The van der Waals surface area contributed by atoms with Gasteiger partial charge in [0.25, 0.3) is 0 Å². The molecule has 1 saturated carbocycles. The number of aromatic nitrogens is 3. The average Bonchev–Trinajstić information content (AvgIpc) is 2.93. The van der Waals surface area contributed by atoms with Gasteiger partial charge in [0.1, 0.15) is 5.15 Å². The van der Waals surface area contributed by atoms with E-state index in [1.54, 1.807) is 6.20 Å². The van der Waals surface area contributed by atoms with Gasteiger partial charge in [0.15, 0.2) is 0 Å². The Hall–Kier alpha value is -1.91. The molecule has 4 nitrogen and oxygen atoms in total. The minimum Gasteiger partial charge on any atom is -0.388 e. The third-order valence-corrected chi connectivity index (χ3v) is 4.60. The quantitative estimate of drug-likeness (QED) is 0.751. The van der Waals surface area contributed by atoms with Crippen LogP contribution >= 0.6 is 11.6 Å². The zero-order valence-electron chi connectivity index (χ0n) is 12.0. The van der Waals surface area contributed by atoms with E-state index in [9.17, 15) is 5.11 Å². The van der Waals surface area contributed by atoms with E-state index in [-0.39, 0.29) is 0 Å². The van der Waals surface area contributed by atoms with Gasteiger partial charge in [0.05, 0.1) is 18.3 Å². The van der Waals surface area contributed by atoms with E-state index >= 15 is 0 Å². The molecule has 4 rings (SSSR count). The van der Waals surface area contributed by atoms with Crippen molar-refractivity contribution in [2.24, 2.45) is 0 Å². The molecule has 22 heavy (non-hydrogen) atoms. The molecule has 0 unspecified atom stereocenters. The zero-order valence-corrected chi connectivity index (χ0v) is 12.8. The van der Waals surface area contributed by atoms with E-state index in [0.29, 0.717) is 11.7 Å². The first kappa shape index (κ1) is 13.7. The van der Waals surface area contributed by atoms with Gasteiger partial charge in [0.2, 0.25) is 0 Å².